The van der Waals surface area contributed by atoms with E-state index in [1.54, 1.807) is 0 Å². The summed E-state index contributed by atoms with van der Waals surface area (Å²) in [6.07, 6.45) is 1.07. The van der Waals surface area contributed by atoms with E-state index < -0.39 is 0 Å². The molecule has 0 bridgehead atoms. The molecule has 2 nitrogen and oxygen atoms in total. The zero-order valence-electron chi connectivity index (χ0n) is 5.27. The van der Waals surface area contributed by atoms with Crippen LogP contribution < -0.4 is 5.73 Å². The first-order chi connectivity index (χ1) is 3.66. The van der Waals surface area contributed by atoms with E-state index in [0.717, 1.165) is 6.42 Å². The van der Waals surface area contributed by atoms with Crippen LogP contribution in [-0.2, 0) is 0 Å². The van der Waals surface area contributed by atoms with Crippen molar-refractivity contribution in [3.05, 3.63) is 0 Å². The normalized spacial score (nSPS) is 13.2. The number of rotatable bonds is 2. The lowest BCUT2D eigenvalue weighted by atomic mass is 10.4. The summed E-state index contributed by atoms with van der Waals surface area (Å²) in [6, 6.07) is 0. The van der Waals surface area contributed by atoms with Crippen LogP contribution in [0.15, 0.2) is 0 Å². The first kappa shape index (κ1) is 7.82. The Morgan fingerprint density at radius 1 is 1.88 bits per heavy atom. The molecule has 0 aromatic carbocycles. The highest BCUT2D eigenvalue weighted by atomic mass is 32.2. The van der Waals surface area contributed by atoms with Gasteiger partial charge in [0.25, 0.3) is 0 Å². The van der Waals surface area contributed by atoms with E-state index in [0.29, 0.717) is 5.25 Å². The Morgan fingerprint density at radius 3 is 2.50 bits per heavy atom. The van der Waals surface area contributed by atoms with Crippen molar-refractivity contribution < 1.29 is 0 Å². The van der Waals surface area contributed by atoms with Gasteiger partial charge < -0.3 is 5.73 Å². The molecule has 0 radical (unpaired) electrons. The summed E-state index contributed by atoms with van der Waals surface area (Å²) in [6.45, 7) is 4.15. The van der Waals surface area contributed by atoms with Gasteiger partial charge in [-0.25, -0.2) is 0 Å². The van der Waals surface area contributed by atoms with Gasteiger partial charge in [0.2, 0.25) is 0 Å². The van der Waals surface area contributed by atoms with E-state index in [1.165, 1.54) is 11.8 Å². The summed E-state index contributed by atoms with van der Waals surface area (Å²) < 4.78 is 0. The smallest absolute Gasteiger partial charge is 0.151 e. The molecule has 8 heavy (non-hydrogen) atoms. The van der Waals surface area contributed by atoms with Crippen molar-refractivity contribution in [2.45, 2.75) is 25.5 Å². The average Bonchev–Trinajstić information content (AvgIpc) is 1.65. The molecule has 0 rings (SSSR count). The Kier molecular flexibility index (Phi) is 3.69. The van der Waals surface area contributed by atoms with Gasteiger partial charge in [-0.3, -0.25) is 5.41 Å². The van der Waals surface area contributed by atoms with Crippen LogP contribution in [-0.4, -0.2) is 10.4 Å². The molecule has 1 unspecified atom stereocenters. The van der Waals surface area contributed by atoms with E-state index in [1.807, 2.05) is 0 Å². The third-order valence-corrected chi connectivity index (χ3v) is 1.89. The van der Waals surface area contributed by atoms with Crippen LogP contribution in [0.5, 0.6) is 0 Å². The summed E-state index contributed by atoms with van der Waals surface area (Å²) in [5.41, 5.74) is 5.12. The molecule has 0 spiro atoms. The predicted octanol–water partition coefficient (Wildman–Crippen LogP) is 1.41. The minimum Gasteiger partial charge on any atom is -0.379 e. The fourth-order valence-corrected chi connectivity index (χ4v) is 0.900. The molecule has 0 aromatic rings. The predicted molar refractivity (Wildman–Crippen MR) is 39.3 cm³/mol. The number of nitrogens with one attached hydrogen (secondary N) is 1. The summed E-state index contributed by atoms with van der Waals surface area (Å²) in [4.78, 5) is 0. The zero-order valence-corrected chi connectivity index (χ0v) is 6.09. The Labute approximate surface area is 54.3 Å². The second-order valence-corrected chi connectivity index (χ2v) is 3.18. The topological polar surface area (TPSA) is 49.9 Å². The van der Waals surface area contributed by atoms with Crippen molar-refractivity contribution in [1.82, 2.24) is 0 Å². The van der Waals surface area contributed by atoms with Crippen molar-refractivity contribution >= 4 is 16.9 Å². The first-order valence-corrected chi connectivity index (χ1v) is 3.55. The lowest BCUT2D eigenvalue weighted by Gasteiger charge is -2.03. The Balaban J connectivity index is 3.24. The lowest BCUT2D eigenvalue weighted by molar-refractivity contribution is 0.910. The molecule has 3 heteroatoms. The molecule has 0 saturated carbocycles. The highest BCUT2D eigenvalue weighted by Gasteiger charge is 1.98. The SMILES string of the molecule is CCC(C)SC(=N)N. The quantitative estimate of drug-likeness (QED) is 0.441. The van der Waals surface area contributed by atoms with Crippen LogP contribution in [0, 0.1) is 5.41 Å². The standard InChI is InChI=1S/C5H12N2S/c1-3-4(2)8-5(6)7/h4H,3H2,1-2H3,(H3,6,7). The third kappa shape index (κ3) is 3.99. The number of hydrogen-bond donors (Lipinski definition) is 2. The van der Waals surface area contributed by atoms with Gasteiger partial charge in [-0.05, 0) is 6.42 Å². The summed E-state index contributed by atoms with van der Waals surface area (Å²) in [7, 11) is 0. The number of amidine groups is 1. The Hall–Kier alpha value is -0.180. The van der Waals surface area contributed by atoms with Gasteiger partial charge in [-0.15, -0.1) is 0 Å². The summed E-state index contributed by atoms with van der Waals surface area (Å²) in [5, 5.41) is 7.58. The van der Waals surface area contributed by atoms with Gasteiger partial charge in [0.1, 0.15) is 0 Å². The van der Waals surface area contributed by atoms with Gasteiger partial charge in [-0.1, -0.05) is 25.6 Å². The van der Waals surface area contributed by atoms with Crippen LogP contribution in [0.2, 0.25) is 0 Å². The molecule has 0 saturated heterocycles. The van der Waals surface area contributed by atoms with Gasteiger partial charge in [-0.2, -0.15) is 0 Å². The average molecular weight is 132 g/mol. The second-order valence-electron chi connectivity index (χ2n) is 1.70. The van der Waals surface area contributed by atoms with Crippen molar-refractivity contribution in [3.8, 4) is 0 Å². The molecular formula is C5H12N2S. The Morgan fingerprint density at radius 2 is 2.38 bits per heavy atom. The van der Waals surface area contributed by atoms with Crippen LogP contribution in [0.3, 0.4) is 0 Å². The zero-order chi connectivity index (χ0) is 6.57. The Bertz CT molecular complexity index is 82.5. The fraction of sp³-hybridized carbons (Fsp3) is 0.800. The highest BCUT2D eigenvalue weighted by Crippen LogP contribution is 2.11. The maximum Gasteiger partial charge on any atom is 0.151 e. The minimum atomic E-state index is 0.222. The van der Waals surface area contributed by atoms with Crippen molar-refractivity contribution in [3.63, 3.8) is 0 Å². The number of thioether (sulfide) groups is 1. The van der Waals surface area contributed by atoms with E-state index in [9.17, 15) is 0 Å². The van der Waals surface area contributed by atoms with Crippen molar-refractivity contribution in [1.29, 1.82) is 5.41 Å². The molecule has 0 aliphatic rings. The van der Waals surface area contributed by atoms with Crippen LogP contribution in [0.1, 0.15) is 20.3 Å². The molecule has 0 fully saturated rings. The molecule has 0 aliphatic heterocycles. The minimum absolute atomic E-state index is 0.222. The highest BCUT2D eigenvalue weighted by molar-refractivity contribution is 8.14. The molecule has 3 N–H and O–H groups in total. The van der Waals surface area contributed by atoms with E-state index >= 15 is 0 Å². The molecule has 0 aromatic heterocycles. The largest absolute Gasteiger partial charge is 0.379 e. The maximum absolute atomic E-state index is 6.87. The van der Waals surface area contributed by atoms with E-state index in [-0.39, 0.29) is 5.17 Å². The van der Waals surface area contributed by atoms with Gasteiger partial charge in [0.15, 0.2) is 5.17 Å². The second kappa shape index (κ2) is 3.78. The number of hydrogen-bond acceptors (Lipinski definition) is 2. The van der Waals surface area contributed by atoms with Gasteiger partial charge in [0, 0.05) is 5.25 Å². The van der Waals surface area contributed by atoms with Crippen molar-refractivity contribution in [2.75, 3.05) is 0 Å². The molecule has 48 valence electrons. The first-order valence-electron chi connectivity index (χ1n) is 2.67. The van der Waals surface area contributed by atoms with Crippen molar-refractivity contribution in [2.24, 2.45) is 5.73 Å². The fourth-order valence-electron chi connectivity index (χ4n) is 0.300. The third-order valence-electron chi connectivity index (χ3n) is 0.903. The van der Waals surface area contributed by atoms with E-state index in [2.05, 4.69) is 13.8 Å². The molecule has 0 amide bonds. The molecule has 0 heterocycles. The molecule has 1 atom stereocenters. The van der Waals surface area contributed by atoms with E-state index in [4.69, 9.17) is 11.1 Å². The lowest BCUT2D eigenvalue weighted by Crippen LogP contribution is -2.08. The molecular weight excluding hydrogens is 120 g/mol. The van der Waals surface area contributed by atoms with Gasteiger partial charge in [0.05, 0.1) is 0 Å². The maximum atomic E-state index is 6.87. The number of nitrogens with two attached hydrogens (primary N) is 1. The summed E-state index contributed by atoms with van der Waals surface area (Å²) >= 11 is 1.42. The van der Waals surface area contributed by atoms with Crippen LogP contribution >= 0.6 is 11.8 Å². The van der Waals surface area contributed by atoms with Crippen LogP contribution in [0.25, 0.3) is 0 Å². The summed E-state index contributed by atoms with van der Waals surface area (Å²) in [5.74, 6) is 0. The van der Waals surface area contributed by atoms with Crippen LogP contribution in [0.4, 0.5) is 0 Å². The van der Waals surface area contributed by atoms with Gasteiger partial charge >= 0.3 is 0 Å². The molecule has 0 aliphatic carbocycles. The monoisotopic (exact) mass is 132 g/mol.